The van der Waals surface area contributed by atoms with Crippen LogP contribution in [-0.2, 0) is 6.42 Å². The van der Waals surface area contributed by atoms with Gasteiger partial charge in [-0.2, -0.15) is 4.98 Å². The van der Waals surface area contributed by atoms with Crippen molar-refractivity contribution in [2.75, 3.05) is 23.8 Å². The molecule has 2 heterocycles. The molecule has 0 aromatic carbocycles. The van der Waals surface area contributed by atoms with Gasteiger partial charge >= 0.3 is 0 Å². The molecular weight excluding hydrogens is 262 g/mol. The van der Waals surface area contributed by atoms with Crippen molar-refractivity contribution < 1.29 is 0 Å². The van der Waals surface area contributed by atoms with Crippen molar-refractivity contribution in [2.24, 2.45) is 0 Å². The number of hydrogen-bond donors (Lipinski definition) is 1. The number of likely N-dealkylation sites (N-methyl/N-ethyl adjacent to an activating group) is 1. The fraction of sp³-hybridized carbons (Fsp3) is 0.438. The summed E-state index contributed by atoms with van der Waals surface area (Å²) in [7, 11) is 2.02. The monoisotopic (exact) mass is 285 g/mol. The second-order valence-electron chi connectivity index (χ2n) is 5.22. The van der Waals surface area contributed by atoms with Crippen molar-refractivity contribution in [3.05, 3.63) is 42.4 Å². The number of rotatable bonds is 7. The largest absolute Gasteiger partial charge is 0.367 e. The molecule has 112 valence electrons. The Morgan fingerprint density at radius 1 is 1.19 bits per heavy atom. The molecule has 0 spiro atoms. The first-order valence-electron chi connectivity index (χ1n) is 7.38. The summed E-state index contributed by atoms with van der Waals surface area (Å²) in [6.45, 7) is 5.17. The molecule has 2 aromatic rings. The van der Waals surface area contributed by atoms with E-state index < -0.39 is 0 Å². The molecule has 0 amide bonds. The summed E-state index contributed by atoms with van der Waals surface area (Å²) in [6, 6.07) is 6.40. The van der Waals surface area contributed by atoms with Gasteiger partial charge in [-0.25, -0.2) is 4.98 Å². The van der Waals surface area contributed by atoms with E-state index in [1.54, 1.807) is 6.20 Å². The van der Waals surface area contributed by atoms with Crippen LogP contribution in [0.4, 0.5) is 11.8 Å². The minimum atomic E-state index is 0.412. The van der Waals surface area contributed by atoms with E-state index in [9.17, 15) is 0 Å². The quantitative estimate of drug-likeness (QED) is 0.847. The molecule has 5 nitrogen and oxygen atoms in total. The second-order valence-corrected chi connectivity index (χ2v) is 5.22. The van der Waals surface area contributed by atoms with Crippen LogP contribution in [0.5, 0.6) is 0 Å². The van der Waals surface area contributed by atoms with Crippen LogP contribution < -0.4 is 10.2 Å². The van der Waals surface area contributed by atoms with Crippen LogP contribution in [0.15, 0.2) is 36.8 Å². The summed E-state index contributed by atoms with van der Waals surface area (Å²) in [6.07, 6.45) is 7.46. The predicted octanol–water partition coefficient (Wildman–Crippen LogP) is 2.76. The van der Waals surface area contributed by atoms with Crippen LogP contribution in [0, 0.1) is 0 Å². The molecule has 0 aliphatic heterocycles. The van der Waals surface area contributed by atoms with E-state index in [1.165, 1.54) is 5.56 Å². The molecule has 1 N–H and O–H groups in total. The van der Waals surface area contributed by atoms with Gasteiger partial charge in [0.25, 0.3) is 0 Å². The van der Waals surface area contributed by atoms with Gasteiger partial charge in [-0.3, -0.25) is 4.98 Å². The van der Waals surface area contributed by atoms with Crippen LogP contribution in [0.25, 0.3) is 0 Å². The molecule has 0 bridgehead atoms. The second kappa shape index (κ2) is 7.57. The molecule has 0 aliphatic rings. The highest BCUT2D eigenvalue weighted by atomic mass is 15.2. The number of nitrogens with one attached hydrogen (secondary N) is 1. The number of nitrogens with zero attached hydrogens (tertiary/aromatic N) is 4. The minimum absolute atomic E-state index is 0.412. The summed E-state index contributed by atoms with van der Waals surface area (Å²) >= 11 is 0. The van der Waals surface area contributed by atoms with Gasteiger partial charge in [0.1, 0.15) is 5.82 Å². The Morgan fingerprint density at radius 2 is 1.95 bits per heavy atom. The number of anilines is 2. The summed E-state index contributed by atoms with van der Waals surface area (Å²) < 4.78 is 0. The Bertz CT molecular complexity index is 543. The zero-order chi connectivity index (χ0) is 15.1. The van der Waals surface area contributed by atoms with E-state index in [0.717, 1.165) is 31.2 Å². The van der Waals surface area contributed by atoms with Crippen molar-refractivity contribution in [3.8, 4) is 0 Å². The van der Waals surface area contributed by atoms with Gasteiger partial charge in [-0.15, -0.1) is 0 Å². The van der Waals surface area contributed by atoms with Gasteiger partial charge in [-0.1, -0.05) is 6.92 Å². The molecular formula is C16H23N5. The van der Waals surface area contributed by atoms with Crippen molar-refractivity contribution in [1.29, 1.82) is 0 Å². The van der Waals surface area contributed by atoms with Gasteiger partial charge in [0.05, 0.1) is 0 Å². The highest BCUT2D eigenvalue weighted by Crippen LogP contribution is 2.12. The van der Waals surface area contributed by atoms with Crippen molar-refractivity contribution >= 4 is 11.8 Å². The lowest BCUT2D eigenvalue weighted by atomic mass is 10.2. The number of pyridine rings is 1. The maximum atomic E-state index is 4.56. The first kappa shape index (κ1) is 15.2. The van der Waals surface area contributed by atoms with Gasteiger partial charge in [0.2, 0.25) is 5.95 Å². The van der Waals surface area contributed by atoms with Crippen molar-refractivity contribution in [1.82, 2.24) is 15.0 Å². The zero-order valence-electron chi connectivity index (χ0n) is 13.0. The lowest BCUT2D eigenvalue weighted by Crippen LogP contribution is -2.23. The normalized spacial score (nSPS) is 12.0. The smallest absolute Gasteiger partial charge is 0.226 e. The summed E-state index contributed by atoms with van der Waals surface area (Å²) in [5.41, 5.74) is 1.27. The van der Waals surface area contributed by atoms with Gasteiger partial charge in [0, 0.05) is 38.2 Å². The Kier molecular flexibility index (Phi) is 5.49. The zero-order valence-corrected chi connectivity index (χ0v) is 13.0. The molecule has 0 fully saturated rings. The Hall–Kier alpha value is -2.17. The van der Waals surface area contributed by atoms with Crippen molar-refractivity contribution in [3.63, 3.8) is 0 Å². The Labute approximate surface area is 126 Å². The summed E-state index contributed by atoms with van der Waals surface area (Å²) in [5, 5.41) is 3.37. The van der Waals surface area contributed by atoms with Gasteiger partial charge < -0.3 is 10.2 Å². The molecule has 1 unspecified atom stereocenters. The lowest BCUT2D eigenvalue weighted by molar-refractivity contribution is 0.756. The molecule has 0 saturated heterocycles. The standard InChI is InChI=1S/C16H23N5/c1-4-13(2)19-15-7-11-18-16(20-15)21(3)12-8-14-5-9-17-10-6-14/h5-7,9-11,13H,4,8,12H2,1-3H3,(H,18,19,20). The van der Waals surface area contributed by atoms with Gasteiger partial charge in [-0.05, 0) is 43.5 Å². The average molecular weight is 285 g/mol. The van der Waals surface area contributed by atoms with Crippen LogP contribution in [0.3, 0.4) is 0 Å². The summed E-state index contributed by atoms with van der Waals surface area (Å²) in [5.74, 6) is 1.63. The van der Waals surface area contributed by atoms with Crippen molar-refractivity contribution in [2.45, 2.75) is 32.7 Å². The van der Waals surface area contributed by atoms with Crippen LogP contribution >= 0.6 is 0 Å². The number of hydrogen-bond acceptors (Lipinski definition) is 5. The first-order valence-corrected chi connectivity index (χ1v) is 7.38. The topological polar surface area (TPSA) is 53.9 Å². The Balaban J connectivity index is 1.95. The van der Waals surface area contributed by atoms with E-state index >= 15 is 0 Å². The maximum absolute atomic E-state index is 4.56. The molecule has 5 heteroatoms. The highest BCUT2D eigenvalue weighted by molar-refractivity contribution is 5.41. The van der Waals surface area contributed by atoms with Gasteiger partial charge in [0.15, 0.2) is 0 Å². The molecule has 2 rings (SSSR count). The van der Waals surface area contributed by atoms with Crippen LogP contribution in [0.1, 0.15) is 25.8 Å². The van der Waals surface area contributed by atoms with Crippen LogP contribution in [-0.4, -0.2) is 34.6 Å². The SMILES string of the molecule is CCC(C)Nc1ccnc(N(C)CCc2ccncc2)n1. The number of aromatic nitrogens is 3. The molecule has 0 aliphatic carbocycles. The fourth-order valence-corrected chi connectivity index (χ4v) is 1.91. The first-order chi connectivity index (χ1) is 10.2. The summed E-state index contributed by atoms with van der Waals surface area (Å²) in [4.78, 5) is 15.0. The predicted molar refractivity (Wildman–Crippen MR) is 86.6 cm³/mol. The third-order valence-corrected chi connectivity index (χ3v) is 3.48. The molecule has 1 atom stereocenters. The minimum Gasteiger partial charge on any atom is -0.367 e. The van der Waals surface area contributed by atoms with E-state index in [1.807, 2.05) is 37.6 Å². The third kappa shape index (κ3) is 4.70. The van der Waals surface area contributed by atoms with E-state index in [0.29, 0.717) is 6.04 Å². The lowest BCUT2D eigenvalue weighted by Gasteiger charge is -2.18. The molecule has 0 saturated carbocycles. The van der Waals surface area contributed by atoms with E-state index in [2.05, 4.69) is 39.0 Å². The fourth-order valence-electron chi connectivity index (χ4n) is 1.91. The highest BCUT2D eigenvalue weighted by Gasteiger charge is 2.07. The van der Waals surface area contributed by atoms with E-state index in [-0.39, 0.29) is 0 Å². The molecule has 21 heavy (non-hydrogen) atoms. The molecule has 2 aromatic heterocycles. The Morgan fingerprint density at radius 3 is 2.67 bits per heavy atom. The molecule has 0 radical (unpaired) electrons. The average Bonchev–Trinajstić information content (AvgIpc) is 2.53. The van der Waals surface area contributed by atoms with E-state index in [4.69, 9.17) is 0 Å². The third-order valence-electron chi connectivity index (χ3n) is 3.48. The van der Waals surface area contributed by atoms with Crippen LogP contribution in [0.2, 0.25) is 0 Å². The maximum Gasteiger partial charge on any atom is 0.226 e.